The summed E-state index contributed by atoms with van der Waals surface area (Å²) in [4.78, 5) is 12.0. The van der Waals surface area contributed by atoms with Gasteiger partial charge in [-0.25, -0.2) is 0 Å². The molecule has 2 rings (SSSR count). The third-order valence-corrected chi connectivity index (χ3v) is 3.82. The molecule has 0 spiro atoms. The van der Waals surface area contributed by atoms with E-state index >= 15 is 0 Å². The smallest absolute Gasteiger partial charge is 0.133 e. The molecule has 0 amide bonds. The maximum absolute atomic E-state index is 12.0. The molecule has 0 saturated carbocycles. The second-order valence-electron chi connectivity index (χ2n) is 5.35. The van der Waals surface area contributed by atoms with Crippen molar-refractivity contribution in [2.24, 2.45) is 11.7 Å². The SMILES string of the molecule is NC(CCC(=O)CC1CCOCC1)c1ccccc1. The van der Waals surface area contributed by atoms with E-state index in [-0.39, 0.29) is 6.04 Å². The normalized spacial score (nSPS) is 18.2. The molecule has 1 atom stereocenters. The van der Waals surface area contributed by atoms with Crippen LogP contribution in [0.1, 0.15) is 43.7 Å². The summed E-state index contributed by atoms with van der Waals surface area (Å²) in [6.45, 7) is 1.61. The van der Waals surface area contributed by atoms with Gasteiger partial charge in [0.05, 0.1) is 0 Å². The molecule has 3 nitrogen and oxygen atoms in total. The Hall–Kier alpha value is -1.19. The summed E-state index contributed by atoms with van der Waals surface area (Å²) >= 11 is 0. The van der Waals surface area contributed by atoms with Crippen LogP contribution in [-0.2, 0) is 9.53 Å². The van der Waals surface area contributed by atoms with E-state index in [2.05, 4.69) is 0 Å². The van der Waals surface area contributed by atoms with Crippen molar-refractivity contribution in [1.29, 1.82) is 0 Å². The van der Waals surface area contributed by atoms with Crippen molar-refractivity contribution >= 4 is 5.78 Å². The van der Waals surface area contributed by atoms with Crippen LogP contribution in [0.2, 0.25) is 0 Å². The molecule has 1 aliphatic rings. The minimum absolute atomic E-state index is 0.0279. The van der Waals surface area contributed by atoms with Gasteiger partial charge in [0.1, 0.15) is 5.78 Å². The van der Waals surface area contributed by atoms with Crippen molar-refractivity contribution in [1.82, 2.24) is 0 Å². The van der Waals surface area contributed by atoms with Gasteiger partial charge in [0, 0.05) is 32.1 Å². The minimum atomic E-state index is -0.0279. The van der Waals surface area contributed by atoms with E-state index in [1.54, 1.807) is 0 Å². The molecule has 1 unspecified atom stereocenters. The third kappa shape index (κ3) is 4.77. The number of carbonyl (C=O) groups is 1. The first-order valence-corrected chi connectivity index (χ1v) is 7.15. The highest BCUT2D eigenvalue weighted by molar-refractivity contribution is 5.78. The number of rotatable bonds is 6. The lowest BCUT2D eigenvalue weighted by Gasteiger charge is -2.21. The van der Waals surface area contributed by atoms with Crippen molar-refractivity contribution < 1.29 is 9.53 Å². The summed E-state index contributed by atoms with van der Waals surface area (Å²) < 4.78 is 5.31. The lowest BCUT2D eigenvalue weighted by molar-refractivity contribution is -0.120. The Labute approximate surface area is 115 Å². The van der Waals surface area contributed by atoms with E-state index in [0.717, 1.165) is 38.0 Å². The zero-order chi connectivity index (χ0) is 13.5. The molecule has 2 N–H and O–H groups in total. The van der Waals surface area contributed by atoms with Crippen LogP contribution in [0.5, 0.6) is 0 Å². The topological polar surface area (TPSA) is 52.3 Å². The van der Waals surface area contributed by atoms with Gasteiger partial charge < -0.3 is 10.5 Å². The molecular formula is C16H23NO2. The Bertz CT molecular complexity index is 385. The molecule has 0 aromatic heterocycles. The van der Waals surface area contributed by atoms with E-state index in [1.807, 2.05) is 30.3 Å². The first-order valence-electron chi connectivity index (χ1n) is 7.15. The van der Waals surface area contributed by atoms with Crippen molar-refractivity contribution in [3.05, 3.63) is 35.9 Å². The monoisotopic (exact) mass is 261 g/mol. The highest BCUT2D eigenvalue weighted by Gasteiger charge is 2.18. The highest BCUT2D eigenvalue weighted by Crippen LogP contribution is 2.21. The van der Waals surface area contributed by atoms with Crippen molar-refractivity contribution in [3.63, 3.8) is 0 Å². The van der Waals surface area contributed by atoms with Gasteiger partial charge in [0.25, 0.3) is 0 Å². The number of benzene rings is 1. The fourth-order valence-electron chi connectivity index (χ4n) is 2.56. The fraction of sp³-hybridized carbons (Fsp3) is 0.562. The van der Waals surface area contributed by atoms with E-state index in [9.17, 15) is 4.79 Å². The molecule has 0 radical (unpaired) electrons. The number of hydrogen-bond donors (Lipinski definition) is 1. The van der Waals surface area contributed by atoms with Gasteiger partial charge in [-0.05, 0) is 30.7 Å². The summed E-state index contributed by atoms with van der Waals surface area (Å²) in [7, 11) is 0. The Morgan fingerprint density at radius 1 is 1.26 bits per heavy atom. The summed E-state index contributed by atoms with van der Waals surface area (Å²) in [5.74, 6) is 0.868. The average molecular weight is 261 g/mol. The van der Waals surface area contributed by atoms with Crippen molar-refractivity contribution in [2.45, 2.75) is 38.1 Å². The quantitative estimate of drug-likeness (QED) is 0.856. The number of hydrogen-bond acceptors (Lipinski definition) is 3. The van der Waals surface area contributed by atoms with E-state index in [1.165, 1.54) is 0 Å². The Morgan fingerprint density at radius 3 is 2.63 bits per heavy atom. The number of nitrogens with two attached hydrogens (primary N) is 1. The van der Waals surface area contributed by atoms with E-state index in [0.29, 0.717) is 24.5 Å². The maximum Gasteiger partial charge on any atom is 0.133 e. The van der Waals surface area contributed by atoms with E-state index < -0.39 is 0 Å². The van der Waals surface area contributed by atoms with Crippen LogP contribution in [0.15, 0.2) is 30.3 Å². The standard InChI is InChI=1S/C16H23NO2/c17-16(14-4-2-1-3-5-14)7-6-15(18)12-13-8-10-19-11-9-13/h1-5,13,16H,6-12,17H2. The van der Waals surface area contributed by atoms with Crippen LogP contribution >= 0.6 is 0 Å². The second-order valence-corrected chi connectivity index (χ2v) is 5.35. The molecule has 104 valence electrons. The Balaban J connectivity index is 1.71. The summed E-state index contributed by atoms with van der Waals surface area (Å²) in [6.07, 6.45) is 4.08. The zero-order valence-corrected chi connectivity index (χ0v) is 11.4. The van der Waals surface area contributed by atoms with Crippen LogP contribution in [0, 0.1) is 5.92 Å². The number of ether oxygens (including phenoxy) is 1. The molecule has 1 saturated heterocycles. The van der Waals surface area contributed by atoms with Crippen LogP contribution in [0.25, 0.3) is 0 Å². The number of ketones is 1. The van der Waals surface area contributed by atoms with E-state index in [4.69, 9.17) is 10.5 Å². The molecule has 0 aliphatic carbocycles. The van der Waals surface area contributed by atoms with Gasteiger partial charge in [-0.1, -0.05) is 30.3 Å². The number of carbonyl (C=O) groups excluding carboxylic acids is 1. The lowest BCUT2D eigenvalue weighted by Crippen LogP contribution is -2.19. The van der Waals surface area contributed by atoms with Gasteiger partial charge in [0.2, 0.25) is 0 Å². The third-order valence-electron chi connectivity index (χ3n) is 3.82. The fourth-order valence-corrected chi connectivity index (χ4v) is 2.56. The molecule has 19 heavy (non-hydrogen) atoms. The zero-order valence-electron chi connectivity index (χ0n) is 11.4. The first kappa shape index (κ1) is 14.2. The van der Waals surface area contributed by atoms with Gasteiger partial charge >= 0.3 is 0 Å². The van der Waals surface area contributed by atoms with Gasteiger partial charge in [0.15, 0.2) is 0 Å². The van der Waals surface area contributed by atoms with Crippen LogP contribution in [-0.4, -0.2) is 19.0 Å². The van der Waals surface area contributed by atoms with Crippen molar-refractivity contribution in [2.75, 3.05) is 13.2 Å². The highest BCUT2D eigenvalue weighted by atomic mass is 16.5. The molecule has 0 bridgehead atoms. The van der Waals surface area contributed by atoms with Crippen LogP contribution < -0.4 is 5.73 Å². The summed E-state index contributed by atoms with van der Waals surface area (Å²) in [5, 5.41) is 0. The lowest BCUT2D eigenvalue weighted by atomic mass is 9.92. The molecule has 1 heterocycles. The largest absolute Gasteiger partial charge is 0.381 e. The molecule has 1 fully saturated rings. The Kier molecular flexibility index (Phi) is 5.55. The minimum Gasteiger partial charge on any atom is -0.381 e. The molecule has 3 heteroatoms. The van der Waals surface area contributed by atoms with Gasteiger partial charge in [-0.2, -0.15) is 0 Å². The summed E-state index contributed by atoms with van der Waals surface area (Å²) in [6, 6.07) is 9.96. The predicted molar refractivity (Wildman–Crippen MR) is 75.8 cm³/mol. The Morgan fingerprint density at radius 2 is 1.95 bits per heavy atom. The average Bonchev–Trinajstić information content (AvgIpc) is 2.47. The number of Topliss-reactive ketones (excluding diaryl/α,β-unsaturated/α-hetero) is 1. The van der Waals surface area contributed by atoms with Crippen LogP contribution in [0.3, 0.4) is 0 Å². The summed E-state index contributed by atoms with van der Waals surface area (Å²) in [5.41, 5.74) is 7.22. The van der Waals surface area contributed by atoms with Gasteiger partial charge in [-0.3, -0.25) is 4.79 Å². The van der Waals surface area contributed by atoms with Crippen LogP contribution in [0.4, 0.5) is 0 Å². The molecular weight excluding hydrogens is 238 g/mol. The van der Waals surface area contributed by atoms with Gasteiger partial charge in [-0.15, -0.1) is 0 Å². The molecule has 1 aromatic rings. The molecule has 1 aromatic carbocycles. The first-order chi connectivity index (χ1) is 9.25. The maximum atomic E-state index is 12.0. The predicted octanol–water partition coefficient (Wildman–Crippen LogP) is 2.85. The second kappa shape index (κ2) is 7.41. The van der Waals surface area contributed by atoms with Crippen molar-refractivity contribution in [3.8, 4) is 0 Å². The molecule has 1 aliphatic heterocycles.